The van der Waals surface area contributed by atoms with Crippen molar-refractivity contribution < 1.29 is 12.8 Å². The van der Waals surface area contributed by atoms with Crippen molar-refractivity contribution in [3.63, 3.8) is 0 Å². The molecule has 2 rings (SSSR count). The number of benzene rings is 1. The van der Waals surface area contributed by atoms with Gasteiger partial charge in [0, 0.05) is 12.2 Å². The van der Waals surface area contributed by atoms with E-state index >= 15 is 0 Å². The quantitative estimate of drug-likeness (QED) is 0.839. The number of halogens is 1. The molecule has 3 N–H and O–H groups in total. The lowest BCUT2D eigenvalue weighted by Gasteiger charge is -2.26. The average Bonchev–Trinajstić information content (AvgIpc) is 2.41. The van der Waals surface area contributed by atoms with Gasteiger partial charge >= 0.3 is 0 Å². The molecule has 118 valence electrons. The summed E-state index contributed by atoms with van der Waals surface area (Å²) in [6, 6.07) is 2.60. The molecule has 1 aromatic carbocycles. The van der Waals surface area contributed by atoms with E-state index in [1.54, 1.807) is 0 Å². The largest absolute Gasteiger partial charge is 0.399 e. The lowest BCUT2D eigenvalue weighted by molar-refractivity contribution is 0.283. The second-order valence-corrected chi connectivity index (χ2v) is 7.87. The van der Waals surface area contributed by atoms with Crippen LogP contribution in [-0.2, 0) is 10.0 Å². The summed E-state index contributed by atoms with van der Waals surface area (Å²) in [5.41, 5.74) is 6.11. The Kier molecular flexibility index (Phi) is 4.88. The van der Waals surface area contributed by atoms with Crippen LogP contribution < -0.4 is 10.5 Å². The Bertz CT molecular complexity index is 616. The van der Waals surface area contributed by atoms with Gasteiger partial charge in [0.05, 0.1) is 0 Å². The summed E-state index contributed by atoms with van der Waals surface area (Å²) in [5, 5.41) is 0. The number of hydrogen-bond donors (Lipinski definition) is 2. The van der Waals surface area contributed by atoms with Gasteiger partial charge in [0.1, 0.15) is 10.7 Å². The van der Waals surface area contributed by atoms with Gasteiger partial charge in [-0.15, -0.1) is 0 Å². The molecule has 4 nitrogen and oxygen atoms in total. The minimum atomic E-state index is -3.86. The van der Waals surface area contributed by atoms with Gasteiger partial charge in [0.15, 0.2) is 0 Å². The Balaban J connectivity index is 2.12. The average molecular weight is 314 g/mol. The van der Waals surface area contributed by atoms with E-state index in [2.05, 4.69) is 11.6 Å². The van der Waals surface area contributed by atoms with Crippen LogP contribution in [0.2, 0.25) is 0 Å². The van der Waals surface area contributed by atoms with E-state index in [9.17, 15) is 12.8 Å². The summed E-state index contributed by atoms with van der Waals surface area (Å²) in [6.45, 7) is 4.05. The highest BCUT2D eigenvalue weighted by molar-refractivity contribution is 7.89. The maximum atomic E-state index is 14.0. The van der Waals surface area contributed by atoms with Gasteiger partial charge in [-0.2, -0.15) is 0 Å². The first-order valence-electron chi connectivity index (χ1n) is 7.35. The Morgan fingerprint density at radius 2 is 2.10 bits per heavy atom. The van der Waals surface area contributed by atoms with Crippen molar-refractivity contribution in [2.24, 2.45) is 11.8 Å². The molecule has 0 aromatic heterocycles. The van der Waals surface area contributed by atoms with Crippen LogP contribution in [0.1, 0.15) is 38.2 Å². The van der Waals surface area contributed by atoms with Crippen LogP contribution in [0, 0.1) is 24.6 Å². The summed E-state index contributed by atoms with van der Waals surface area (Å²) < 4.78 is 41.1. The summed E-state index contributed by atoms with van der Waals surface area (Å²) in [7, 11) is -3.86. The number of nitrogens with two attached hydrogens (primary N) is 1. The van der Waals surface area contributed by atoms with Crippen LogP contribution in [0.15, 0.2) is 17.0 Å². The second-order valence-electron chi connectivity index (χ2n) is 6.14. The van der Waals surface area contributed by atoms with Gasteiger partial charge in [-0.3, -0.25) is 0 Å². The topological polar surface area (TPSA) is 72.2 Å². The molecule has 0 radical (unpaired) electrons. The molecular formula is C15H23FN2O2S. The Morgan fingerprint density at radius 3 is 2.76 bits per heavy atom. The fourth-order valence-corrected chi connectivity index (χ4v) is 4.31. The molecule has 1 aliphatic carbocycles. The number of nitrogens with one attached hydrogen (secondary N) is 1. The zero-order valence-electron chi connectivity index (χ0n) is 12.5. The van der Waals surface area contributed by atoms with Crippen molar-refractivity contribution in [2.45, 2.75) is 44.4 Å². The molecule has 6 heteroatoms. The number of hydrogen-bond acceptors (Lipinski definition) is 3. The van der Waals surface area contributed by atoms with Crippen molar-refractivity contribution in [3.8, 4) is 0 Å². The van der Waals surface area contributed by atoms with E-state index in [1.807, 2.05) is 0 Å². The fourth-order valence-electron chi connectivity index (χ4n) is 3.01. The lowest BCUT2D eigenvalue weighted by atomic mass is 9.83. The van der Waals surface area contributed by atoms with E-state index in [0.29, 0.717) is 18.4 Å². The maximum Gasteiger partial charge on any atom is 0.243 e. The summed E-state index contributed by atoms with van der Waals surface area (Å²) in [4.78, 5) is -0.358. The van der Waals surface area contributed by atoms with Gasteiger partial charge in [0.2, 0.25) is 10.0 Å². The SMILES string of the molecule is Cc1cc(N)cc(S(=O)(=O)NCC2CCCC(C)C2)c1F. The monoisotopic (exact) mass is 314 g/mol. The maximum absolute atomic E-state index is 14.0. The molecule has 21 heavy (non-hydrogen) atoms. The highest BCUT2D eigenvalue weighted by atomic mass is 32.2. The van der Waals surface area contributed by atoms with E-state index in [0.717, 1.165) is 19.3 Å². The highest BCUT2D eigenvalue weighted by Crippen LogP contribution is 2.28. The summed E-state index contributed by atoms with van der Waals surface area (Å²) in [6.07, 6.45) is 4.36. The van der Waals surface area contributed by atoms with E-state index in [4.69, 9.17) is 5.73 Å². The molecular weight excluding hydrogens is 291 g/mol. The van der Waals surface area contributed by atoms with Crippen molar-refractivity contribution in [3.05, 3.63) is 23.5 Å². The molecule has 2 atom stereocenters. The van der Waals surface area contributed by atoms with Crippen molar-refractivity contribution in [1.29, 1.82) is 0 Å². The standard InChI is InChI=1S/C15H23FN2O2S/c1-10-4-3-5-12(6-10)9-18-21(19,20)14-8-13(17)7-11(2)15(14)16/h7-8,10,12,18H,3-6,9,17H2,1-2H3. The van der Waals surface area contributed by atoms with Gasteiger partial charge in [-0.05, 0) is 49.3 Å². The number of sulfonamides is 1. The van der Waals surface area contributed by atoms with E-state index < -0.39 is 15.8 Å². The van der Waals surface area contributed by atoms with Gasteiger partial charge in [-0.25, -0.2) is 17.5 Å². The zero-order valence-corrected chi connectivity index (χ0v) is 13.3. The smallest absolute Gasteiger partial charge is 0.243 e. The molecule has 0 aliphatic heterocycles. The number of nitrogen functional groups attached to an aromatic ring is 1. The van der Waals surface area contributed by atoms with Gasteiger partial charge in [0.25, 0.3) is 0 Å². The highest BCUT2D eigenvalue weighted by Gasteiger charge is 2.24. The third-order valence-corrected chi connectivity index (χ3v) is 5.56. The molecule has 2 unspecified atom stereocenters. The van der Waals surface area contributed by atoms with Crippen LogP contribution in [-0.4, -0.2) is 15.0 Å². The lowest BCUT2D eigenvalue weighted by Crippen LogP contribution is -2.32. The molecule has 1 aromatic rings. The number of anilines is 1. The third kappa shape index (κ3) is 3.95. The van der Waals surface area contributed by atoms with Crippen molar-refractivity contribution in [1.82, 2.24) is 4.72 Å². The van der Waals surface area contributed by atoms with E-state index in [1.165, 1.54) is 25.5 Å². The number of aryl methyl sites for hydroxylation is 1. The summed E-state index contributed by atoms with van der Waals surface area (Å²) >= 11 is 0. The van der Waals surface area contributed by atoms with E-state index in [-0.39, 0.29) is 16.1 Å². The summed E-state index contributed by atoms with van der Waals surface area (Å²) in [5.74, 6) is 0.224. The minimum absolute atomic E-state index is 0.238. The van der Waals surface area contributed by atoms with Crippen LogP contribution >= 0.6 is 0 Å². The first-order valence-corrected chi connectivity index (χ1v) is 8.83. The van der Waals surface area contributed by atoms with Crippen LogP contribution in [0.4, 0.5) is 10.1 Å². The normalized spacial score (nSPS) is 23.2. The molecule has 1 fully saturated rings. The Hall–Kier alpha value is -1.14. The molecule has 0 heterocycles. The zero-order chi connectivity index (χ0) is 15.6. The first kappa shape index (κ1) is 16.2. The predicted octanol–water partition coefficient (Wildman–Crippen LogP) is 2.82. The second kappa shape index (κ2) is 6.32. The molecule has 0 spiro atoms. The Labute approximate surface area is 126 Å². The molecule has 0 bridgehead atoms. The van der Waals surface area contributed by atoms with Crippen LogP contribution in [0.5, 0.6) is 0 Å². The first-order chi connectivity index (χ1) is 9.79. The van der Waals surface area contributed by atoms with Crippen LogP contribution in [0.3, 0.4) is 0 Å². The molecule has 0 saturated heterocycles. The molecule has 1 saturated carbocycles. The van der Waals surface area contributed by atoms with Gasteiger partial charge in [-0.1, -0.05) is 19.8 Å². The Morgan fingerprint density at radius 1 is 1.38 bits per heavy atom. The predicted molar refractivity (Wildman–Crippen MR) is 81.9 cm³/mol. The van der Waals surface area contributed by atoms with Crippen molar-refractivity contribution >= 4 is 15.7 Å². The van der Waals surface area contributed by atoms with Gasteiger partial charge < -0.3 is 5.73 Å². The number of rotatable bonds is 4. The van der Waals surface area contributed by atoms with Crippen LogP contribution in [0.25, 0.3) is 0 Å². The fraction of sp³-hybridized carbons (Fsp3) is 0.600. The van der Waals surface area contributed by atoms with Crippen molar-refractivity contribution in [2.75, 3.05) is 12.3 Å². The molecule has 0 amide bonds. The minimum Gasteiger partial charge on any atom is -0.399 e. The third-order valence-electron chi connectivity index (χ3n) is 4.14. The molecule has 1 aliphatic rings.